The number of guanidine groups is 1. The molecule has 0 aliphatic carbocycles. The van der Waals surface area contributed by atoms with Crippen LogP contribution < -0.4 is 15.4 Å². The number of nitrogens with one attached hydrogen (secondary N) is 2. The maximum atomic E-state index is 5.66. The van der Waals surface area contributed by atoms with Crippen LogP contribution in [0.1, 0.15) is 12.0 Å². The normalized spacial score (nSPS) is 11.0. The van der Waals surface area contributed by atoms with Crippen LogP contribution in [0, 0.1) is 6.92 Å². The topological polar surface area (TPSA) is 48.9 Å². The lowest BCUT2D eigenvalue weighted by Crippen LogP contribution is -2.40. The van der Waals surface area contributed by atoms with Crippen LogP contribution >= 0.6 is 24.0 Å². The quantitative estimate of drug-likeness (QED) is 0.293. The molecule has 0 aliphatic rings. The van der Waals surface area contributed by atoms with Crippen LogP contribution in [0.2, 0.25) is 0 Å². The Labute approximate surface area is 151 Å². The molecule has 5 nitrogen and oxygen atoms in total. The first kappa shape index (κ1) is 21.0. The summed E-state index contributed by atoms with van der Waals surface area (Å²) in [5.74, 6) is 1.72. The third-order valence-electron chi connectivity index (χ3n) is 2.98. The number of ether oxygens (including phenoxy) is 1. The summed E-state index contributed by atoms with van der Waals surface area (Å²) in [6, 6.07) is 8.08. The molecule has 1 aromatic carbocycles. The summed E-state index contributed by atoms with van der Waals surface area (Å²) in [6.45, 7) is 5.39. The standard InChI is InChI=1S/C16H28N4O.HI/c1-14-6-8-15(9-7-14)21-13-11-19-16(17-2)18-10-5-12-20(3)4;/h6-9H,5,10-13H2,1-4H3,(H2,17,18,19);1H. The van der Waals surface area contributed by atoms with Gasteiger partial charge in [0, 0.05) is 13.6 Å². The lowest BCUT2D eigenvalue weighted by Gasteiger charge is -2.14. The third-order valence-corrected chi connectivity index (χ3v) is 2.98. The second-order valence-corrected chi connectivity index (χ2v) is 5.24. The van der Waals surface area contributed by atoms with Gasteiger partial charge < -0.3 is 20.3 Å². The average molecular weight is 420 g/mol. The van der Waals surface area contributed by atoms with Crippen molar-refractivity contribution in [1.29, 1.82) is 0 Å². The van der Waals surface area contributed by atoms with E-state index in [1.807, 2.05) is 24.3 Å². The van der Waals surface area contributed by atoms with Gasteiger partial charge in [-0.05, 0) is 46.1 Å². The van der Waals surface area contributed by atoms with Crippen molar-refractivity contribution in [3.63, 3.8) is 0 Å². The number of hydrogen-bond acceptors (Lipinski definition) is 3. The number of aryl methyl sites for hydroxylation is 1. The number of rotatable bonds is 8. The highest BCUT2D eigenvalue weighted by Crippen LogP contribution is 2.10. The number of nitrogens with zero attached hydrogens (tertiary/aromatic N) is 2. The summed E-state index contributed by atoms with van der Waals surface area (Å²) in [5.41, 5.74) is 1.24. The zero-order valence-corrected chi connectivity index (χ0v) is 16.4. The van der Waals surface area contributed by atoms with Crippen molar-refractivity contribution in [3.8, 4) is 5.75 Å². The van der Waals surface area contributed by atoms with Crippen LogP contribution in [0.25, 0.3) is 0 Å². The summed E-state index contributed by atoms with van der Waals surface area (Å²) in [4.78, 5) is 6.36. The highest BCUT2D eigenvalue weighted by Gasteiger charge is 1.98. The molecular weight excluding hydrogens is 391 g/mol. The fraction of sp³-hybridized carbons (Fsp3) is 0.562. The average Bonchev–Trinajstić information content (AvgIpc) is 2.47. The molecule has 22 heavy (non-hydrogen) atoms. The summed E-state index contributed by atoms with van der Waals surface area (Å²) >= 11 is 0. The number of halogens is 1. The predicted molar refractivity (Wildman–Crippen MR) is 105 cm³/mol. The smallest absolute Gasteiger partial charge is 0.191 e. The minimum atomic E-state index is 0. The SMILES string of the molecule is CN=C(NCCCN(C)C)NCCOc1ccc(C)cc1.I. The van der Waals surface area contributed by atoms with E-state index in [0.717, 1.165) is 37.8 Å². The van der Waals surface area contributed by atoms with Crippen molar-refractivity contribution < 1.29 is 4.74 Å². The first-order valence-electron chi connectivity index (χ1n) is 7.40. The second kappa shape index (κ2) is 12.5. The van der Waals surface area contributed by atoms with Crippen molar-refractivity contribution in [2.24, 2.45) is 4.99 Å². The van der Waals surface area contributed by atoms with E-state index in [0.29, 0.717) is 6.61 Å². The molecule has 0 fully saturated rings. The maximum Gasteiger partial charge on any atom is 0.191 e. The Morgan fingerprint density at radius 3 is 2.36 bits per heavy atom. The van der Waals surface area contributed by atoms with Crippen LogP contribution in [-0.2, 0) is 0 Å². The molecule has 1 aromatic rings. The van der Waals surface area contributed by atoms with E-state index in [1.54, 1.807) is 7.05 Å². The van der Waals surface area contributed by atoms with Gasteiger partial charge in [-0.1, -0.05) is 17.7 Å². The molecule has 0 unspecified atom stereocenters. The summed E-state index contributed by atoms with van der Waals surface area (Å²) in [5, 5.41) is 6.53. The van der Waals surface area contributed by atoms with Crippen LogP contribution in [-0.4, -0.2) is 58.2 Å². The van der Waals surface area contributed by atoms with Gasteiger partial charge in [-0.15, -0.1) is 24.0 Å². The lowest BCUT2D eigenvalue weighted by molar-refractivity contribution is 0.322. The highest BCUT2D eigenvalue weighted by molar-refractivity contribution is 14.0. The predicted octanol–water partition coefficient (Wildman–Crippen LogP) is 2.11. The van der Waals surface area contributed by atoms with Gasteiger partial charge in [0.05, 0.1) is 6.54 Å². The maximum absolute atomic E-state index is 5.66. The molecule has 0 spiro atoms. The van der Waals surface area contributed by atoms with E-state index in [9.17, 15) is 0 Å². The van der Waals surface area contributed by atoms with E-state index < -0.39 is 0 Å². The molecule has 2 N–H and O–H groups in total. The number of hydrogen-bond donors (Lipinski definition) is 2. The lowest BCUT2D eigenvalue weighted by atomic mass is 10.2. The van der Waals surface area contributed by atoms with Gasteiger partial charge in [0.15, 0.2) is 5.96 Å². The minimum Gasteiger partial charge on any atom is -0.492 e. The molecule has 126 valence electrons. The Hall–Kier alpha value is -1.02. The van der Waals surface area contributed by atoms with Gasteiger partial charge in [0.2, 0.25) is 0 Å². The van der Waals surface area contributed by atoms with Crippen molar-refractivity contribution in [2.75, 3.05) is 47.4 Å². The molecule has 0 aromatic heterocycles. The molecule has 0 aliphatic heterocycles. The van der Waals surface area contributed by atoms with E-state index in [-0.39, 0.29) is 24.0 Å². The molecule has 0 bridgehead atoms. The molecule has 6 heteroatoms. The molecule has 0 heterocycles. The molecule has 0 atom stereocenters. The first-order valence-corrected chi connectivity index (χ1v) is 7.40. The van der Waals surface area contributed by atoms with Crippen molar-refractivity contribution in [1.82, 2.24) is 15.5 Å². The van der Waals surface area contributed by atoms with Crippen molar-refractivity contribution >= 4 is 29.9 Å². The number of benzene rings is 1. The van der Waals surface area contributed by atoms with Gasteiger partial charge in [-0.3, -0.25) is 4.99 Å². The van der Waals surface area contributed by atoms with Crippen molar-refractivity contribution in [2.45, 2.75) is 13.3 Å². The van der Waals surface area contributed by atoms with E-state index in [4.69, 9.17) is 4.74 Å². The highest BCUT2D eigenvalue weighted by atomic mass is 127. The van der Waals surface area contributed by atoms with Gasteiger partial charge in [-0.2, -0.15) is 0 Å². The number of aliphatic imine (C=N–C) groups is 1. The Kier molecular flexibility index (Phi) is 11.9. The monoisotopic (exact) mass is 420 g/mol. The fourth-order valence-corrected chi connectivity index (χ4v) is 1.80. The fourth-order valence-electron chi connectivity index (χ4n) is 1.80. The molecule has 0 saturated heterocycles. The van der Waals surface area contributed by atoms with Crippen LogP contribution in [0.4, 0.5) is 0 Å². The second-order valence-electron chi connectivity index (χ2n) is 5.24. The molecule has 0 saturated carbocycles. The van der Waals surface area contributed by atoms with Gasteiger partial charge in [-0.25, -0.2) is 0 Å². The zero-order valence-electron chi connectivity index (χ0n) is 14.1. The van der Waals surface area contributed by atoms with E-state index >= 15 is 0 Å². The Balaban J connectivity index is 0.00000441. The summed E-state index contributed by atoms with van der Waals surface area (Å²) < 4.78 is 5.66. The molecule has 1 rings (SSSR count). The van der Waals surface area contributed by atoms with Crippen LogP contribution in [0.5, 0.6) is 5.75 Å². The minimum absolute atomic E-state index is 0. The largest absolute Gasteiger partial charge is 0.492 e. The molecule has 0 amide bonds. The van der Waals surface area contributed by atoms with Crippen molar-refractivity contribution in [3.05, 3.63) is 29.8 Å². The van der Waals surface area contributed by atoms with Crippen LogP contribution in [0.15, 0.2) is 29.3 Å². The Morgan fingerprint density at radius 2 is 1.77 bits per heavy atom. The Bertz CT molecular complexity index is 421. The van der Waals surface area contributed by atoms with Crippen LogP contribution in [0.3, 0.4) is 0 Å². The van der Waals surface area contributed by atoms with Gasteiger partial charge in [0.25, 0.3) is 0 Å². The van der Waals surface area contributed by atoms with E-state index in [2.05, 4.69) is 41.5 Å². The Morgan fingerprint density at radius 1 is 1.14 bits per heavy atom. The molecular formula is C16H29IN4O. The molecule has 0 radical (unpaired) electrons. The summed E-state index contributed by atoms with van der Waals surface area (Å²) in [7, 11) is 5.94. The summed E-state index contributed by atoms with van der Waals surface area (Å²) in [6.07, 6.45) is 1.09. The first-order chi connectivity index (χ1) is 10.1. The van der Waals surface area contributed by atoms with Gasteiger partial charge in [0.1, 0.15) is 12.4 Å². The van der Waals surface area contributed by atoms with Gasteiger partial charge >= 0.3 is 0 Å². The van der Waals surface area contributed by atoms with E-state index in [1.165, 1.54) is 5.56 Å². The zero-order chi connectivity index (χ0) is 15.5. The third kappa shape index (κ3) is 9.83.